The first-order valence-corrected chi connectivity index (χ1v) is 13.8. The number of amides is 1. The Balaban J connectivity index is 1.57. The summed E-state index contributed by atoms with van der Waals surface area (Å²) in [4.78, 5) is 24.5. The maximum absolute atomic E-state index is 13.2. The number of nitrogens with zero attached hydrogens (tertiary/aromatic N) is 1. The summed E-state index contributed by atoms with van der Waals surface area (Å²) in [7, 11) is 0. The van der Waals surface area contributed by atoms with E-state index in [1.54, 1.807) is 6.07 Å². The number of fused-ring (bicyclic) bond motifs is 1. The van der Waals surface area contributed by atoms with Gasteiger partial charge in [0.15, 0.2) is 6.10 Å². The van der Waals surface area contributed by atoms with Crippen LogP contribution in [0, 0.1) is 20.8 Å². The van der Waals surface area contributed by atoms with Gasteiger partial charge in [0, 0.05) is 28.7 Å². The van der Waals surface area contributed by atoms with E-state index in [2.05, 4.69) is 68.8 Å². The van der Waals surface area contributed by atoms with Crippen LogP contribution in [-0.2, 0) is 16.8 Å². The second-order valence-electron chi connectivity index (χ2n) is 11.8. The van der Waals surface area contributed by atoms with E-state index in [1.807, 2.05) is 44.2 Å². The lowest BCUT2D eigenvalue weighted by atomic mass is 9.86. The van der Waals surface area contributed by atoms with E-state index in [0.29, 0.717) is 17.9 Å². The highest BCUT2D eigenvalue weighted by Gasteiger charge is 2.19. The van der Waals surface area contributed by atoms with Crippen molar-refractivity contribution in [3.63, 3.8) is 0 Å². The Hall–Kier alpha value is -4.06. The molecule has 0 fully saturated rings. The average molecular weight is 541 g/mol. The summed E-state index contributed by atoms with van der Waals surface area (Å²) in [6.07, 6.45) is -0.929. The Morgan fingerprint density at radius 3 is 2.25 bits per heavy atom. The SMILES string of the molecule is Cc1ccc(O[C@@H](C)C(=O)O)cc1Cn1c(C)c(C)c2cc(C(=O)N[C@@H](C)c3ccc(C(C)(C)C)cc3)ccc21. The number of aromatic nitrogens is 1. The molecule has 40 heavy (non-hydrogen) atoms. The highest BCUT2D eigenvalue weighted by Crippen LogP contribution is 2.29. The molecule has 0 saturated heterocycles. The standard InChI is InChI=1S/C34H40N2O4/c1-20-9-15-29(40-24(5)33(38)39)17-27(20)19-36-23(4)21(2)30-18-26(12-16-31(30)36)32(37)35-22(3)25-10-13-28(14-11-25)34(6,7)8/h9-18,22,24H,19H2,1-8H3,(H,35,37)(H,38,39)/t22-,24-/m0/s1. The molecular formula is C34H40N2O4. The number of carboxylic acids is 1. The van der Waals surface area contributed by atoms with Gasteiger partial charge >= 0.3 is 5.97 Å². The van der Waals surface area contributed by atoms with Gasteiger partial charge in [-0.2, -0.15) is 0 Å². The van der Waals surface area contributed by atoms with Crippen LogP contribution in [0.3, 0.4) is 0 Å². The second kappa shape index (κ2) is 11.2. The summed E-state index contributed by atoms with van der Waals surface area (Å²) in [5, 5.41) is 13.4. The topological polar surface area (TPSA) is 80.6 Å². The Morgan fingerprint density at radius 1 is 0.950 bits per heavy atom. The minimum absolute atomic E-state index is 0.0843. The zero-order chi connectivity index (χ0) is 29.4. The van der Waals surface area contributed by atoms with Crippen LogP contribution in [0.5, 0.6) is 5.75 Å². The number of ether oxygens (including phenoxy) is 1. The van der Waals surface area contributed by atoms with Crippen LogP contribution in [0.2, 0.25) is 0 Å². The van der Waals surface area contributed by atoms with Gasteiger partial charge in [0.25, 0.3) is 5.91 Å². The van der Waals surface area contributed by atoms with E-state index in [9.17, 15) is 14.7 Å². The fraction of sp³-hybridized carbons (Fsp3) is 0.353. The van der Waals surface area contributed by atoms with Crippen LogP contribution in [0.15, 0.2) is 60.7 Å². The molecule has 0 radical (unpaired) electrons. The second-order valence-corrected chi connectivity index (χ2v) is 11.8. The van der Waals surface area contributed by atoms with E-state index in [-0.39, 0.29) is 17.4 Å². The lowest BCUT2D eigenvalue weighted by molar-refractivity contribution is -0.144. The van der Waals surface area contributed by atoms with Gasteiger partial charge in [-0.05, 0) is 98.2 Å². The number of aryl methyl sites for hydroxylation is 2. The van der Waals surface area contributed by atoms with Crippen molar-refractivity contribution >= 4 is 22.8 Å². The lowest BCUT2D eigenvalue weighted by Crippen LogP contribution is -2.26. The number of rotatable bonds is 8. The van der Waals surface area contributed by atoms with Gasteiger partial charge in [0.2, 0.25) is 0 Å². The van der Waals surface area contributed by atoms with Gasteiger partial charge in [0.05, 0.1) is 6.04 Å². The molecule has 1 aromatic heterocycles. The van der Waals surface area contributed by atoms with Crippen molar-refractivity contribution < 1.29 is 19.4 Å². The Kier molecular flexibility index (Phi) is 8.10. The quantitative estimate of drug-likeness (QED) is 0.247. The van der Waals surface area contributed by atoms with Gasteiger partial charge in [0.1, 0.15) is 5.75 Å². The highest BCUT2D eigenvalue weighted by molar-refractivity contribution is 5.99. The number of carbonyl (C=O) groups excluding carboxylic acids is 1. The van der Waals surface area contributed by atoms with Crippen molar-refractivity contribution in [3.05, 3.63) is 99.7 Å². The zero-order valence-electron chi connectivity index (χ0n) is 24.8. The minimum Gasteiger partial charge on any atom is -0.479 e. The van der Waals surface area contributed by atoms with Crippen molar-refractivity contribution in [2.45, 2.75) is 79.5 Å². The molecule has 0 aliphatic rings. The number of carbonyl (C=O) groups is 2. The predicted molar refractivity (Wildman–Crippen MR) is 160 cm³/mol. The first-order chi connectivity index (χ1) is 18.8. The number of hydrogen-bond acceptors (Lipinski definition) is 3. The molecular weight excluding hydrogens is 500 g/mol. The van der Waals surface area contributed by atoms with Crippen LogP contribution in [0.1, 0.15) is 84.5 Å². The molecule has 2 atom stereocenters. The molecule has 6 heteroatoms. The van der Waals surface area contributed by atoms with E-state index in [1.165, 1.54) is 12.5 Å². The monoisotopic (exact) mass is 540 g/mol. The maximum atomic E-state index is 13.2. The molecule has 6 nitrogen and oxygen atoms in total. The van der Waals surface area contributed by atoms with E-state index < -0.39 is 12.1 Å². The number of hydrogen-bond donors (Lipinski definition) is 2. The zero-order valence-corrected chi connectivity index (χ0v) is 24.8. The Morgan fingerprint density at radius 2 is 1.62 bits per heavy atom. The van der Waals surface area contributed by atoms with E-state index >= 15 is 0 Å². The number of benzene rings is 3. The molecule has 0 saturated carbocycles. The van der Waals surface area contributed by atoms with Crippen molar-refractivity contribution in [2.75, 3.05) is 0 Å². The third-order valence-corrected chi connectivity index (χ3v) is 7.84. The third kappa shape index (κ3) is 6.06. The Labute approximate surface area is 237 Å². The summed E-state index contributed by atoms with van der Waals surface area (Å²) in [6.45, 7) is 16.9. The smallest absolute Gasteiger partial charge is 0.344 e. The minimum atomic E-state index is -1.00. The fourth-order valence-electron chi connectivity index (χ4n) is 4.95. The summed E-state index contributed by atoms with van der Waals surface area (Å²) < 4.78 is 7.84. The van der Waals surface area contributed by atoms with Crippen LogP contribution >= 0.6 is 0 Å². The number of carboxylic acid groups (broad SMARTS) is 1. The van der Waals surface area contributed by atoms with Gasteiger partial charge in [-0.3, -0.25) is 4.79 Å². The van der Waals surface area contributed by atoms with Crippen molar-refractivity contribution in [1.82, 2.24) is 9.88 Å². The molecule has 0 bridgehead atoms. The molecule has 4 rings (SSSR count). The van der Waals surface area contributed by atoms with E-state index in [4.69, 9.17) is 4.74 Å². The fourth-order valence-corrected chi connectivity index (χ4v) is 4.95. The van der Waals surface area contributed by atoms with Gasteiger partial charge < -0.3 is 19.7 Å². The predicted octanol–water partition coefficient (Wildman–Crippen LogP) is 7.26. The summed E-state index contributed by atoms with van der Waals surface area (Å²) in [5.41, 5.74) is 8.46. The molecule has 1 amide bonds. The van der Waals surface area contributed by atoms with Gasteiger partial charge in [-0.25, -0.2) is 4.79 Å². The van der Waals surface area contributed by atoms with Crippen LogP contribution in [-0.4, -0.2) is 27.7 Å². The van der Waals surface area contributed by atoms with Crippen LogP contribution in [0.25, 0.3) is 10.9 Å². The third-order valence-electron chi connectivity index (χ3n) is 7.84. The molecule has 210 valence electrons. The molecule has 0 spiro atoms. The van der Waals surface area contributed by atoms with Crippen molar-refractivity contribution in [1.29, 1.82) is 0 Å². The largest absolute Gasteiger partial charge is 0.479 e. The van der Waals surface area contributed by atoms with Gasteiger partial charge in [-0.1, -0.05) is 51.1 Å². The summed E-state index contributed by atoms with van der Waals surface area (Å²) in [5.74, 6) is -0.576. The first-order valence-electron chi connectivity index (χ1n) is 13.8. The van der Waals surface area contributed by atoms with Crippen LogP contribution in [0.4, 0.5) is 0 Å². The molecule has 2 N–H and O–H groups in total. The van der Waals surface area contributed by atoms with Crippen LogP contribution < -0.4 is 10.1 Å². The molecule has 3 aromatic carbocycles. The summed E-state index contributed by atoms with van der Waals surface area (Å²) in [6, 6.07) is 19.8. The van der Waals surface area contributed by atoms with E-state index in [0.717, 1.165) is 38.9 Å². The average Bonchev–Trinajstić information content (AvgIpc) is 3.14. The number of nitrogens with one attached hydrogen (secondary N) is 1. The maximum Gasteiger partial charge on any atom is 0.344 e. The van der Waals surface area contributed by atoms with Crippen molar-refractivity contribution in [3.8, 4) is 5.75 Å². The molecule has 0 aliphatic heterocycles. The first kappa shape index (κ1) is 28.9. The molecule has 0 unspecified atom stereocenters. The summed E-state index contributed by atoms with van der Waals surface area (Å²) >= 11 is 0. The van der Waals surface area contributed by atoms with Gasteiger partial charge in [-0.15, -0.1) is 0 Å². The molecule has 4 aromatic rings. The number of aliphatic carboxylic acids is 1. The van der Waals surface area contributed by atoms with Crippen molar-refractivity contribution in [2.24, 2.45) is 0 Å². The Bertz CT molecular complexity index is 1560. The molecule has 0 aliphatic carbocycles. The normalized spacial score (nSPS) is 13.2. The molecule has 1 heterocycles. The highest BCUT2D eigenvalue weighted by atomic mass is 16.5. The lowest BCUT2D eigenvalue weighted by Gasteiger charge is -2.21.